The van der Waals surface area contributed by atoms with Gasteiger partial charge >= 0.3 is 0 Å². The average Bonchev–Trinajstić information content (AvgIpc) is 2.40. The normalized spacial score (nSPS) is 14.7. The van der Waals surface area contributed by atoms with Gasteiger partial charge in [-0.3, -0.25) is 0 Å². The Morgan fingerprint density at radius 1 is 0.944 bits per heavy atom. The first kappa shape index (κ1) is 17.8. The summed E-state index contributed by atoms with van der Waals surface area (Å²) in [6.07, 6.45) is 0. The second-order valence-corrected chi connectivity index (χ2v) is 4.24. The van der Waals surface area contributed by atoms with Crippen LogP contribution < -0.4 is 5.32 Å². The summed E-state index contributed by atoms with van der Waals surface area (Å²) < 4.78 is 20.8. The molecular formula is C12H27NO5. The van der Waals surface area contributed by atoms with Crippen LogP contribution in [0.2, 0.25) is 0 Å². The topological polar surface area (TPSA) is 69.2 Å². The predicted octanol–water partition coefficient (Wildman–Crippen LogP) is -0.347. The highest BCUT2D eigenvalue weighted by Gasteiger charge is 2.20. The Labute approximate surface area is 110 Å². The fourth-order valence-electron chi connectivity index (χ4n) is 1.08. The van der Waals surface area contributed by atoms with Gasteiger partial charge in [-0.2, -0.15) is 0 Å². The smallest absolute Gasteiger partial charge is 0.0701 e. The minimum absolute atomic E-state index is 0.0394. The molecule has 0 amide bonds. The number of hydrogen-bond donors (Lipinski definition) is 2. The van der Waals surface area contributed by atoms with Crippen LogP contribution in [0.5, 0.6) is 0 Å². The Hall–Kier alpha value is -0.240. The van der Waals surface area contributed by atoms with E-state index in [0.717, 1.165) is 0 Å². The van der Waals surface area contributed by atoms with Crippen molar-refractivity contribution < 1.29 is 24.1 Å². The summed E-state index contributed by atoms with van der Waals surface area (Å²) in [6.45, 7) is 5.74. The van der Waals surface area contributed by atoms with Crippen LogP contribution in [-0.2, 0) is 18.9 Å². The fraction of sp³-hybridized carbons (Fsp3) is 1.00. The maximum absolute atomic E-state index is 9.13. The molecule has 0 saturated carbocycles. The van der Waals surface area contributed by atoms with Gasteiger partial charge in [0.25, 0.3) is 0 Å². The van der Waals surface area contributed by atoms with E-state index in [1.54, 1.807) is 14.2 Å². The Balaban J connectivity index is 3.21. The Kier molecular flexibility index (Phi) is 11.7. The number of ether oxygens (including phenoxy) is 4. The van der Waals surface area contributed by atoms with Crippen molar-refractivity contribution in [1.82, 2.24) is 5.32 Å². The third-order valence-electron chi connectivity index (χ3n) is 2.55. The molecule has 6 nitrogen and oxygen atoms in total. The number of nitrogens with one attached hydrogen (secondary N) is 1. The van der Waals surface area contributed by atoms with Crippen LogP contribution in [0.25, 0.3) is 0 Å². The van der Waals surface area contributed by atoms with Crippen molar-refractivity contribution in [1.29, 1.82) is 0 Å². The molecule has 0 rings (SSSR count). The minimum atomic E-state index is -0.386. The summed E-state index contributed by atoms with van der Waals surface area (Å²) in [5.74, 6) is 0. The van der Waals surface area contributed by atoms with Gasteiger partial charge in [0.1, 0.15) is 0 Å². The van der Waals surface area contributed by atoms with Crippen LogP contribution in [0.1, 0.15) is 6.92 Å². The summed E-state index contributed by atoms with van der Waals surface area (Å²) in [7, 11) is 3.44. The summed E-state index contributed by atoms with van der Waals surface area (Å²) in [4.78, 5) is 0. The second-order valence-electron chi connectivity index (χ2n) is 4.24. The van der Waals surface area contributed by atoms with E-state index in [1.807, 2.05) is 6.92 Å². The zero-order valence-corrected chi connectivity index (χ0v) is 11.7. The van der Waals surface area contributed by atoms with E-state index in [1.165, 1.54) is 0 Å². The van der Waals surface area contributed by atoms with Gasteiger partial charge in [0.05, 0.1) is 58.4 Å². The van der Waals surface area contributed by atoms with E-state index >= 15 is 0 Å². The Bertz CT molecular complexity index is 176. The van der Waals surface area contributed by atoms with E-state index in [-0.39, 0.29) is 12.1 Å². The van der Waals surface area contributed by atoms with E-state index in [0.29, 0.717) is 46.2 Å². The molecule has 0 spiro atoms. The average molecular weight is 265 g/mol. The van der Waals surface area contributed by atoms with Crippen LogP contribution in [0.3, 0.4) is 0 Å². The van der Waals surface area contributed by atoms with Gasteiger partial charge in [0, 0.05) is 7.11 Å². The molecule has 1 atom stereocenters. The third-order valence-corrected chi connectivity index (χ3v) is 2.55. The van der Waals surface area contributed by atoms with Gasteiger partial charge in [0.2, 0.25) is 0 Å². The molecule has 0 aliphatic rings. The number of likely N-dealkylation sites (N-methyl/N-ethyl adjacent to an activating group) is 1. The second kappa shape index (κ2) is 11.8. The van der Waals surface area contributed by atoms with Crippen molar-refractivity contribution in [2.75, 3.05) is 67.0 Å². The van der Waals surface area contributed by atoms with Crippen LogP contribution in [0.15, 0.2) is 0 Å². The molecular weight excluding hydrogens is 238 g/mol. The van der Waals surface area contributed by atoms with E-state index in [2.05, 4.69) is 5.32 Å². The molecule has 0 aliphatic carbocycles. The lowest BCUT2D eigenvalue weighted by molar-refractivity contribution is -0.0108. The quantitative estimate of drug-likeness (QED) is 0.444. The largest absolute Gasteiger partial charge is 0.394 e. The maximum Gasteiger partial charge on any atom is 0.0701 e. The monoisotopic (exact) mass is 265 g/mol. The van der Waals surface area contributed by atoms with Crippen molar-refractivity contribution >= 4 is 0 Å². The molecule has 0 saturated heterocycles. The van der Waals surface area contributed by atoms with E-state index in [4.69, 9.17) is 24.1 Å². The van der Waals surface area contributed by atoms with Crippen LogP contribution in [0.4, 0.5) is 0 Å². The van der Waals surface area contributed by atoms with Gasteiger partial charge < -0.3 is 29.4 Å². The molecule has 1 unspecified atom stereocenters. The molecule has 110 valence electrons. The van der Waals surface area contributed by atoms with Gasteiger partial charge in [-0.1, -0.05) is 0 Å². The van der Waals surface area contributed by atoms with Crippen molar-refractivity contribution in [2.45, 2.75) is 12.5 Å². The molecule has 0 aromatic rings. The van der Waals surface area contributed by atoms with E-state index in [9.17, 15) is 0 Å². The standard InChI is InChI=1S/C12H27NO5/c1-12(10-14,13-2)11-18-9-8-17-7-6-16-5-4-15-3/h13-14H,4-11H2,1-3H3. The third kappa shape index (κ3) is 9.76. The molecule has 0 aromatic carbocycles. The molecule has 0 aromatic heterocycles. The fourth-order valence-corrected chi connectivity index (χ4v) is 1.08. The van der Waals surface area contributed by atoms with Crippen molar-refractivity contribution in [2.24, 2.45) is 0 Å². The highest BCUT2D eigenvalue weighted by Crippen LogP contribution is 2.01. The first-order valence-electron chi connectivity index (χ1n) is 6.20. The first-order chi connectivity index (χ1) is 8.68. The summed E-state index contributed by atoms with van der Waals surface area (Å²) in [5, 5.41) is 12.1. The molecule has 0 fully saturated rings. The summed E-state index contributed by atoms with van der Waals surface area (Å²) in [5.41, 5.74) is -0.386. The molecule has 0 bridgehead atoms. The molecule has 0 aliphatic heterocycles. The minimum Gasteiger partial charge on any atom is -0.394 e. The lowest BCUT2D eigenvalue weighted by atomic mass is 10.1. The van der Waals surface area contributed by atoms with Gasteiger partial charge in [-0.25, -0.2) is 0 Å². The number of methoxy groups -OCH3 is 1. The maximum atomic E-state index is 9.13. The first-order valence-corrected chi connectivity index (χ1v) is 6.20. The highest BCUT2D eigenvalue weighted by molar-refractivity contribution is 4.79. The van der Waals surface area contributed by atoms with Gasteiger partial charge in [0.15, 0.2) is 0 Å². The van der Waals surface area contributed by atoms with Crippen LogP contribution in [0, 0.1) is 0 Å². The summed E-state index contributed by atoms with van der Waals surface area (Å²) in [6, 6.07) is 0. The Morgan fingerprint density at radius 2 is 1.44 bits per heavy atom. The van der Waals surface area contributed by atoms with Crippen molar-refractivity contribution in [3.63, 3.8) is 0 Å². The predicted molar refractivity (Wildman–Crippen MR) is 68.9 cm³/mol. The van der Waals surface area contributed by atoms with Gasteiger partial charge in [-0.05, 0) is 14.0 Å². The number of aliphatic hydroxyl groups is 1. The van der Waals surface area contributed by atoms with Crippen molar-refractivity contribution in [3.8, 4) is 0 Å². The zero-order valence-electron chi connectivity index (χ0n) is 11.7. The number of rotatable bonds is 13. The summed E-state index contributed by atoms with van der Waals surface area (Å²) >= 11 is 0. The Morgan fingerprint density at radius 3 is 1.89 bits per heavy atom. The lowest BCUT2D eigenvalue weighted by Crippen LogP contribution is -2.47. The number of hydrogen-bond acceptors (Lipinski definition) is 6. The molecule has 2 N–H and O–H groups in total. The molecule has 0 heterocycles. The molecule has 18 heavy (non-hydrogen) atoms. The van der Waals surface area contributed by atoms with Crippen LogP contribution >= 0.6 is 0 Å². The van der Waals surface area contributed by atoms with Crippen LogP contribution in [-0.4, -0.2) is 77.7 Å². The van der Waals surface area contributed by atoms with Crippen molar-refractivity contribution in [3.05, 3.63) is 0 Å². The molecule has 0 radical (unpaired) electrons. The number of aliphatic hydroxyl groups excluding tert-OH is 1. The van der Waals surface area contributed by atoms with Gasteiger partial charge in [-0.15, -0.1) is 0 Å². The lowest BCUT2D eigenvalue weighted by Gasteiger charge is -2.26. The van der Waals surface area contributed by atoms with E-state index < -0.39 is 0 Å². The zero-order chi connectivity index (χ0) is 13.7. The molecule has 6 heteroatoms. The highest BCUT2D eigenvalue weighted by atomic mass is 16.6. The SMILES string of the molecule is CNC(C)(CO)COCCOCCOCCOC.